The fourth-order valence-corrected chi connectivity index (χ4v) is 9.00. The first-order valence-electron chi connectivity index (χ1n) is 20.2. The van der Waals surface area contributed by atoms with Gasteiger partial charge in [0.15, 0.2) is 0 Å². The summed E-state index contributed by atoms with van der Waals surface area (Å²) >= 11 is 0. The number of hydrogen-bond donors (Lipinski definition) is 1. The first-order valence-corrected chi connectivity index (χ1v) is 20.2. The summed E-state index contributed by atoms with van der Waals surface area (Å²) in [6.07, 6.45) is 5.46. The normalized spacial score (nSPS) is 16.7. The maximum Gasteiger partial charge on any atom is 0.264 e. The zero-order valence-electron chi connectivity index (χ0n) is 33.1. The van der Waals surface area contributed by atoms with Gasteiger partial charge in [0.2, 0.25) is 0 Å². The van der Waals surface area contributed by atoms with E-state index in [1.54, 1.807) is 29.2 Å². The molecule has 3 aliphatic rings. The Morgan fingerprint density at radius 3 is 2.43 bits per heavy atom. The molecule has 1 N–H and O–H groups in total. The van der Waals surface area contributed by atoms with Gasteiger partial charge >= 0.3 is 0 Å². The summed E-state index contributed by atoms with van der Waals surface area (Å²) in [5.74, 6) is 0.616. The van der Waals surface area contributed by atoms with Gasteiger partial charge in [-0.05, 0) is 117 Å². The molecule has 0 aliphatic carbocycles. The third-order valence-corrected chi connectivity index (χ3v) is 11.9. The van der Waals surface area contributed by atoms with Crippen molar-refractivity contribution < 1.29 is 24.2 Å². The molecule has 0 saturated carbocycles. The number of phenols is 1. The van der Waals surface area contributed by atoms with Crippen LogP contribution in [0.2, 0.25) is 0 Å². The molecule has 58 heavy (non-hydrogen) atoms. The van der Waals surface area contributed by atoms with Crippen molar-refractivity contribution in [2.45, 2.75) is 51.7 Å². The maximum atomic E-state index is 15.2. The first-order chi connectivity index (χ1) is 27.9. The summed E-state index contributed by atoms with van der Waals surface area (Å²) in [4.78, 5) is 36.6. The summed E-state index contributed by atoms with van der Waals surface area (Å²) in [6.45, 7) is 7.58. The van der Waals surface area contributed by atoms with Crippen LogP contribution in [0.4, 0.5) is 11.4 Å². The standard InChI is InChI=1S/C47H49N5O5.ClH/c1-3-57-39-16-17-40(46(54)51-30-34-9-5-4-8-32(34)26-37(51)31-49-22-24-56-25-23-49)41(28-39)45-29-42(44-10-6-7-20-50(44)45)47(55)52(35-11-14-38(53)15-12-35)36-13-18-43-33(27-36)19-21-48(43)2;/h4-5,8-9,11-19,21,27-29,37,53H,3,6-7,10,20,22-26,30-31H2,1-2H3;1H/t37-;/m0./s1. The number of halogens is 1. The molecule has 2 amide bonds. The lowest BCUT2D eigenvalue weighted by Gasteiger charge is -2.40. The Morgan fingerprint density at radius 2 is 1.64 bits per heavy atom. The van der Waals surface area contributed by atoms with E-state index in [4.69, 9.17) is 9.47 Å². The van der Waals surface area contributed by atoms with Crippen LogP contribution in [-0.2, 0) is 37.7 Å². The molecule has 300 valence electrons. The molecule has 1 atom stereocenters. The van der Waals surface area contributed by atoms with Gasteiger partial charge in [-0.1, -0.05) is 24.3 Å². The summed E-state index contributed by atoms with van der Waals surface area (Å²) in [5.41, 5.74) is 8.67. The second kappa shape index (κ2) is 16.7. The van der Waals surface area contributed by atoms with Crippen molar-refractivity contribution in [1.82, 2.24) is 18.9 Å². The van der Waals surface area contributed by atoms with Gasteiger partial charge in [-0.3, -0.25) is 19.4 Å². The fourth-order valence-electron chi connectivity index (χ4n) is 9.00. The Morgan fingerprint density at radius 1 is 0.862 bits per heavy atom. The van der Waals surface area contributed by atoms with E-state index >= 15 is 9.59 Å². The lowest BCUT2D eigenvalue weighted by atomic mass is 9.92. The lowest BCUT2D eigenvalue weighted by molar-refractivity contribution is 0.0193. The number of anilines is 2. The van der Waals surface area contributed by atoms with Crippen molar-refractivity contribution in [1.29, 1.82) is 0 Å². The monoisotopic (exact) mass is 799 g/mol. The van der Waals surface area contributed by atoms with Crippen LogP contribution in [0.5, 0.6) is 11.5 Å². The number of carbonyl (C=O) groups is 2. The second-order valence-electron chi connectivity index (χ2n) is 15.4. The first kappa shape index (κ1) is 39.3. The third-order valence-electron chi connectivity index (χ3n) is 11.9. The molecule has 10 nitrogen and oxygen atoms in total. The molecule has 0 bridgehead atoms. The van der Waals surface area contributed by atoms with Gasteiger partial charge in [0.05, 0.1) is 25.4 Å². The van der Waals surface area contributed by atoms with E-state index in [1.807, 2.05) is 68.7 Å². The van der Waals surface area contributed by atoms with E-state index in [2.05, 4.69) is 43.2 Å². The summed E-state index contributed by atoms with van der Waals surface area (Å²) in [7, 11) is 2.01. The number of fused-ring (bicyclic) bond motifs is 3. The van der Waals surface area contributed by atoms with Crippen molar-refractivity contribution in [3.05, 3.63) is 131 Å². The molecule has 3 aliphatic heterocycles. The molecule has 4 aromatic carbocycles. The number of ether oxygens (including phenoxy) is 2. The summed E-state index contributed by atoms with van der Waals surface area (Å²) in [6, 6.07) is 31.1. The van der Waals surface area contributed by atoms with E-state index in [0.29, 0.717) is 48.9 Å². The number of rotatable bonds is 9. The average Bonchev–Trinajstić information content (AvgIpc) is 3.82. The predicted molar refractivity (Wildman–Crippen MR) is 230 cm³/mol. The molecular weight excluding hydrogens is 750 g/mol. The highest BCUT2D eigenvalue weighted by Crippen LogP contribution is 2.39. The minimum absolute atomic E-state index is 0. The van der Waals surface area contributed by atoms with Gasteiger partial charge in [-0.25, -0.2) is 0 Å². The molecule has 0 spiro atoms. The maximum absolute atomic E-state index is 15.2. The Labute approximate surface area is 345 Å². The molecule has 2 aromatic heterocycles. The SMILES string of the molecule is CCOc1ccc(C(=O)N2Cc3ccccc3C[C@H]2CN2CCOCC2)c(-c2cc(C(=O)N(c3ccc(O)cc3)c3ccc4c(ccn4C)c3)c3n2CCCC3)c1.Cl. The minimum Gasteiger partial charge on any atom is -0.508 e. The number of morpholine rings is 1. The Hall–Kier alpha value is -5.55. The Balaban J connectivity index is 0.00000469. The van der Waals surface area contributed by atoms with Gasteiger partial charge in [0.25, 0.3) is 11.8 Å². The highest BCUT2D eigenvalue weighted by atomic mass is 35.5. The Kier molecular flexibility index (Phi) is 11.3. The number of hydrogen-bond acceptors (Lipinski definition) is 6. The number of aryl methyl sites for hydroxylation is 1. The van der Waals surface area contributed by atoms with Gasteiger partial charge in [0.1, 0.15) is 11.5 Å². The number of aromatic hydroxyl groups is 1. The molecule has 0 radical (unpaired) electrons. The van der Waals surface area contributed by atoms with Crippen molar-refractivity contribution in [2.24, 2.45) is 7.05 Å². The van der Waals surface area contributed by atoms with E-state index in [9.17, 15) is 5.11 Å². The molecule has 1 saturated heterocycles. The van der Waals surface area contributed by atoms with E-state index in [0.717, 1.165) is 85.4 Å². The highest BCUT2D eigenvalue weighted by molar-refractivity contribution is 6.13. The molecule has 11 heteroatoms. The number of benzene rings is 4. The van der Waals surface area contributed by atoms with Gasteiger partial charge < -0.3 is 28.6 Å². The second-order valence-corrected chi connectivity index (χ2v) is 15.4. The molecule has 6 aromatic rings. The van der Waals surface area contributed by atoms with Crippen molar-refractivity contribution in [3.8, 4) is 22.8 Å². The molecule has 0 unspecified atom stereocenters. The number of nitrogens with zero attached hydrogens (tertiary/aromatic N) is 5. The molecule has 5 heterocycles. The zero-order valence-corrected chi connectivity index (χ0v) is 33.9. The zero-order chi connectivity index (χ0) is 39.0. The number of carbonyl (C=O) groups excluding carboxylic acids is 2. The van der Waals surface area contributed by atoms with Crippen LogP contribution in [0.25, 0.3) is 22.2 Å². The van der Waals surface area contributed by atoms with Crippen LogP contribution in [0.3, 0.4) is 0 Å². The molecule has 1 fully saturated rings. The van der Waals surface area contributed by atoms with Gasteiger partial charge in [-0.2, -0.15) is 0 Å². The number of aromatic nitrogens is 2. The van der Waals surface area contributed by atoms with E-state index in [-0.39, 0.29) is 36.0 Å². The largest absolute Gasteiger partial charge is 0.508 e. The van der Waals surface area contributed by atoms with Crippen molar-refractivity contribution in [3.63, 3.8) is 0 Å². The van der Waals surface area contributed by atoms with Crippen LogP contribution in [0, 0.1) is 0 Å². The molecular formula is C47H50ClN5O5. The van der Waals surface area contributed by atoms with Gasteiger partial charge in [-0.15, -0.1) is 12.4 Å². The van der Waals surface area contributed by atoms with E-state index < -0.39 is 0 Å². The van der Waals surface area contributed by atoms with Crippen LogP contribution >= 0.6 is 12.4 Å². The van der Waals surface area contributed by atoms with Crippen molar-refractivity contribution in [2.75, 3.05) is 44.4 Å². The quantitative estimate of drug-likeness (QED) is 0.158. The fraction of sp³-hybridized carbons (Fsp3) is 0.319. The lowest BCUT2D eigenvalue weighted by Crippen LogP contribution is -2.52. The summed E-state index contributed by atoms with van der Waals surface area (Å²) in [5, 5.41) is 11.2. The third kappa shape index (κ3) is 7.48. The molecule has 9 rings (SSSR count). The highest BCUT2D eigenvalue weighted by Gasteiger charge is 2.35. The van der Waals surface area contributed by atoms with E-state index in [1.165, 1.54) is 11.1 Å². The average molecular weight is 800 g/mol. The van der Waals surface area contributed by atoms with Gasteiger partial charge in [0, 0.05) is 96.8 Å². The Bertz CT molecular complexity index is 2450. The summed E-state index contributed by atoms with van der Waals surface area (Å²) < 4.78 is 16.0. The smallest absolute Gasteiger partial charge is 0.264 e. The topological polar surface area (TPSA) is 92.4 Å². The van der Waals surface area contributed by atoms with Crippen molar-refractivity contribution >= 4 is 46.5 Å². The van der Waals surface area contributed by atoms with Crippen LogP contribution in [-0.4, -0.2) is 81.4 Å². The van der Waals surface area contributed by atoms with Crippen LogP contribution in [0.15, 0.2) is 103 Å². The minimum atomic E-state index is -0.167. The predicted octanol–water partition coefficient (Wildman–Crippen LogP) is 8.39. The number of amides is 2. The number of phenolic OH excluding ortho intramolecular Hbond substituents is 1. The van der Waals surface area contributed by atoms with Crippen LogP contribution in [0.1, 0.15) is 57.3 Å². The van der Waals surface area contributed by atoms with Crippen LogP contribution < -0.4 is 9.64 Å².